The summed E-state index contributed by atoms with van der Waals surface area (Å²) < 4.78 is 1.30. The van der Waals surface area contributed by atoms with Crippen LogP contribution >= 0.6 is 27.7 Å². The second-order valence-corrected chi connectivity index (χ2v) is 8.14. The molecule has 2 fully saturated rings. The Balaban J connectivity index is 1.79. The van der Waals surface area contributed by atoms with Gasteiger partial charge in [0.1, 0.15) is 0 Å². The number of hydrogen-bond acceptors (Lipinski definition) is 3. The molecule has 2 heterocycles. The molecular weight excluding hydrogens is 332 g/mol. The van der Waals surface area contributed by atoms with Gasteiger partial charge >= 0.3 is 0 Å². The van der Waals surface area contributed by atoms with Crippen molar-refractivity contribution in [2.45, 2.75) is 24.8 Å². The minimum atomic E-state index is 0.534. The van der Waals surface area contributed by atoms with Crippen molar-refractivity contribution in [1.82, 2.24) is 4.90 Å². The van der Waals surface area contributed by atoms with E-state index in [0.717, 1.165) is 19.0 Å². The molecule has 0 bridgehead atoms. The highest BCUT2D eigenvalue weighted by atomic mass is 79.9. The molecule has 1 aromatic carbocycles. The normalized spacial score (nSPS) is 31.1. The van der Waals surface area contributed by atoms with Gasteiger partial charge in [-0.1, -0.05) is 28.1 Å². The molecule has 110 valence electrons. The third kappa shape index (κ3) is 2.94. The van der Waals surface area contributed by atoms with Crippen molar-refractivity contribution in [1.29, 1.82) is 0 Å². The van der Waals surface area contributed by atoms with Crippen LogP contribution < -0.4 is 5.73 Å². The summed E-state index contributed by atoms with van der Waals surface area (Å²) in [7, 11) is 2.22. The quantitative estimate of drug-likeness (QED) is 0.898. The lowest BCUT2D eigenvalue weighted by Crippen LogP contribution is -2.20. The molecule has 2 aliphatic rings. The second-order valence-electron chi connectivity index (χ2n) is 6.13. The monoisotopic (exact) mass is 354 g/mol. The summed E-state index contributed by atoms with van der Waals surface area (Å²) in [6.07, 6.45) is 2.51. The molecule has 2 nitrogen and oxygen atoms in total. The van der Waals surface area contributed by atoms with Crippen LogP contribution in [0.5, 0.6) is 0 Å². The lowest BCUT2D eigenvalue weighted by Gasteiger charge is -2.21. The molecule has 3 unspecified atom stereocenters. The molecule has 0 aliphatic carbocycles. The van der Waals surface area contributed by atoms with Crippen LogP contribution in [0.15, 0.2) is 22.7 Å². The Labute approximate surface area is 134 Å². The molecule has 0 radical (unpaired) electrons. The van der Waals surface area contributed by atoms with Gasteiger partial charge in [0.2, 0.25) is 0 Å². The first kappa shape index (κ1) is 14.9. The fraction of sp³-hybridized carbons (Fsp3) is 0.625. The highest BCUT2D eigenvalue weighted by Crippen LogP contribution is 2.39. The largest absolute Gasteiger partial charge is 0.330 e. The third-order valence-corrected chi connectivity index (χ3v) is 6.60. The second kappa shape index (κ2) is 6.39. The zero-order valence-corrected chi connectivity index (χ0v) is 14.4. The van der Waals surface area contributed by atoms with E-state index in [1.807, 2.05) is 0 Å². The molecule has 1 aromatic rings. The van der Waals surface area contributed by atoms with Crippen LogP contribution in [0.3, 0.4) is 0 Å². The van der Waals surface area contributed by atoms with Gasteiger partial charge in [-0.05, 0) is 61.2 Å². The minimum absolute atomic E-state index is 0.534. The van der Waals surface area contributed by atoms with Gasteiger partial charge in [-0.3, -0.25) is 4.90 Å². The van der Waals surface area contributed by atoms with Crippen LogP contribution in [-0.4, -0.2) is 36.5 Å². The van der Waals surface area contributed by atoms with Crippen LogP contribution in [0, 0.1) is 5.92 Å². The Kier molecular flexibility index (Phi) is 4.75. The maximum atomic E-state index is 5.83. The first-order chi connectivity index (χ1) is 9.69. The van der Waals surface area contributed by atoms with Crippen LogP contribution in [0.4, 0.5) is 0 Å². The summed E-state index contributed by atoms with van der Waals surface area (Å²) in [6.45, 7) is 1.93. The Bertz CT molecular complexity index is 474. The summed E-state index contributed by atoms with van der Waals surface area (Å²) in [5, 5.41) is 0. The van der Waals surface area contributed by atoms with Crippen LogP contribution in [0.1, 0.15) is 35.9 Å². The zero-order chi connectivity index (χ0) is 14.1. The first-order valence-corrected chi connectivity index (χ1v) is 9.41. The van der Waals surface area contributed by atoms with E-state index in [-0.39, 0.29) is 0 Å². The SMILES string of the molecule is CN1CC(CN)CC1c1ccc(C2CCSC2)c(Br)c1. The van der Waals surface area contributed by atoms with E-state index in [4.69, 9.17) is 5.73 Å². The number of thioether (sulfide) groups is 1. The lowest BCUT2D eigenvalue weighted by molar-refractivity contribution is 0.313. The van der Waals surface area contributed by atoms with E-state index in [1.165, 1.54) is 39.9 Å². The lowest BCUT2D eigenvalue weighted by atomic mass is 9.94. The molecule has 2 N–H and O–H groups in total. The smallest absolute Gasteiger partial charge is 0.0349 e. The van der Waals surface area contributed by atoms with Gasteiger partial charge in [-0.25, -0.2) is 0 Å². The van der Waals surface area contributed by atoms with Gasteiger partial charge in [-0.15, -0.1) is 0 Å². The first-order valence-electron chi connectivity index (χ1n) is 7.46. The summed E-state index contributed by atoms with van der Waals surface area (Å²) >= 11 is 5.88. The van der Waals surface area contributed by atoms with Gasteiger partial charge in [-0.2, -0.15) is 11.8 Å². The average molecular weight is 355 g/mol. The molecule has 0 aromatic heterocycles. The number of nitrogens with two attached hydrogens (primary N) is 1. The molecule has 0 amide bonds. The van der Waals surface area contributed by atoms with Crippen molar-refractivity contribution < 1.29 is 0 Å². The van der Waals surface area contributed by atoms with E-state index in [0.29, 0.717) is 12.0 Å². The highest BCUT2D eigenvalue weighted by Gasteiger charge is 2.30. The van der Waals surface area contributed by atoms with E-state index in [1.54, 1.807) is 0 Å². The van der Waals surface area contributed by atoms with Gasteiger partial charge in [0.15, 0.2) is 0 Å². The Morgan fingerprint density at radius 1 is 1.45 bits per heavy atom. The van der Waals surface area contributed by atoms with E-state index in [9.17, 15) is 0 Å². The number of hydrogen-bond donors (Lipinski definition) is 1. The van der Waals surface area contributed by atoms with Gasteiger partial charge < -0.3 is 5.73 Å². The predicted molar refractivity (Wildman–Crippen MR) is 91.4 cm³/mol. The number of benzene rings is 1. The highest BCUT2D eigenvalue weighted by molar-refractivity contribution is 9.10. The van der Waals surface area contributed by atoms with Gasteiger partial charge in [0, 0.05) is 22.8 Å². The average Bonchev–Trinajstić information content (AvgIpc) is 3.07. The Morgan fingerprint density at radius 3 is 2.90 bits per heavy atom. The Hall–Kier alpha value is -0.0300. The zero-order valence-electron chi connectivity index (χ0n) is 12.0. The van der Waals surface area contributed by atoms with Crippen molar-refractivity contribution in [3.05, 3.63) is 33.8 Å². The van der Waals surface area contributed by atoms with Crippen molar-refractivity contribution in [3.8, 4) is 0 Å². The fourth-order valence-electron chi connectivity index (χ4n) is 3.53. The topological polar surface area (TPSA) is 29.3 Å². The summed E-state index contributed by atoms with van der Waals surface area (Å²) in [6, 6.07) is 7.56. The maximum absolute atomic E-state index is 5.83. The minimum Gasteiger partial charge on any atom is -0.330 e. The van der Waals surface area contributed by atoms with Crippen molar-refractivity contribution >= 4 is 27.7 Å². The summed E-state index contributed by atoms with van der Waals surface area (Å²) in [4.78, 5) is 2.45. The van der Waals surface area contributed by atoms with Gasteiger partial charge in [0.05, 0.1) is 0 Å². The predicted octanol–water partition coefficient (Wildman–Crippen LogP) is 3.62. The van der Waals surface area contributed by atoms with Crippen LogP contribution in [0.25, 0.3) is 0 Å². The van der Waals surface area contributed by atoms with E-state index >= 15 is 0 Å². The van der Waals surface area contributed by atoms with Crippen molar-refractivity contribution in [2.75, 3.05) is 31.6 Å². The van der Waals surface area contributed by atoms with Gasteiger partial charge in [0.25, 0.3) is 0 Å². The molecule has 20 heavy (non-hydrogen) atoms. The molecule has 4 heteroatoms. The fourth-order valence-corrected chi connectivity index (χ4v) is 5.50. The van der Waals surface area contributed by atoms with Crippen molar-refractivity contribution in [3.63, 3.8) is 0 Å². The molecule has 2 aliphatic heterocycles. The molecule has 0 saturated carbocycles. The number of likely N-dealkylation sites (tertiary alicyclic amines) is 1. The van der Waals surface area contributed by atoms with E-state index in [2.05, 4.69) is 57.8 Å². The number of nitrogens with zero attached hydrogens (tertiary/aromatic N) is 1. The molecule has 3 atom stereocenters. The van der Waals surface area contributed by atoms with Crippen molar-refractivity contribution in [2.24, 2.45) is 11.7 Å². The molecule has 0 spiro atoms. The molecule has 3 rings (SSSR count). The summed E-state index contributed by atoms with van der Waals surface area (Å²) in [5.74, 6) is 3.97. The maximum Gasteiger partial charge on any atom is 0.0349 e. The van der Waals surface area contributed by atoms with Crippen LogP contribution in [0.2, 0.25) is 0 Å². The third-order valence-electron chi connectivity index (χ3n) is 4.75. The van der Waals surface area contributed by atoms with Crippen LogP contribution in [-0.2, 0) is 0 Å². The summed E-state index contributed by atoms with van der Waals surface area (Å²) in [5.41, 5.74) is 8.76. The Morgan fingerprint density at radius 2 is 2.30 bits per heavy atom. The molecule has 2 saturated heterocycles. The number of halogens is 1. The van der Waals surface area contributed by atoms with E-state index < -0.39 is 0 Å². The number of rotatable bonds is 3. The molecular formula is C16H23BrN2S. The standard InChI is InChI=1S/C16H23BrN2S/c1-19-9-11(8-18)6-16(19)12-2-3-14(15(17)7-12)13-4-5-20-10-13/h2-3,7,11,13,16H,4-6,8-10,18H2,1H3.